The van der Waals surface area contributed by atoms with E-state index in [9.17, 15) is 9.90 Å². The Hall–Kier alpha value is -0.520. The van der Waals surface area contributed by atoms with Crippen LogP contribution in [-0.2, 0) is 4.79 Å². The van der Waals surface area contributed by atoms with Gasteiger partial charge in [0.25, 0.3) is 0 Å². The number of hydrogen-bond donors (Lipinski definition) is 3. The second kappa shape index (κ2) is 8.81. The van der Waals surface area contributed by atoms with E-state index < -0.39 is 6.10 Å². The molecule has 1 heterocycles. The molecule has 1 amide bonds. The fraction of sp³-hybridized carbons (Fsp3) is 0.500. The van der Waals surface area contributed by atoms with E-state index in [0.29, 0.717) is 15.6 Å². The molecule has 7 heteroatoms. The summed E-state index contributed by atoms with van der Waals surface area (Å²) in [6.07, 6.45) is 2.15. The highest BCUT2D eigenvalue weighted by Gasteiger charge is 2.21. The summed E-state index contributed by atoms with van der Waals surface area (Å²) in [6, 6.07) is 4.75. The minimum absolute atomic E-state index is 0. The molecule has 1 aliphatic heterocycles. The van der Waals surface area contributed by atoms with Crippen LogP contribution in [0.4, 0.5) is 0 Å². The molecule has 1 saturated heterocycles. The summed E-state index contributed by atoms with van der Waals surface area (Å²) < 4.78 is 0. The highest BCUT2D eigenvalue weighted by molar-refractivity contribution is 6.35. The number of benzene rings is 1. The molecular weight excluding hydrogens is 335 g/mol. The van der Waals surface area contributed by atoms with Crippen molar-refractivity contribution >= 4 is 41.5 Å². The topological polar surface area (TPSA) is 61.4 Å². The molecule has 1 aliphatic rings. The normalized spacial score (nSPS) is 19.5. The molecule has 118 valence electrons. The lowest BCUT2D eigenvalue weighted by Crippen LogP contribution is -2.47. The van der Waals surface area contributed by atoms with Crippen LogP contribution < -0.4 is 10.6 Å². The Morgan fingerprint density at radius 2 is 2.19 bits per heavy atom. The van der Waals surface area contributed by atoms with E-state index in [4.69, 9.17) is 23.2 Å². The highest BCUT2D eigenvalue weighted by Crippen LogP contribution is 2.25. The summed E-state index contributed by atoms with van der Waals surface area (Å²) >= 11 is 11.8. The molecule has 1 aromatic carbocycles. The minimum atomic E-state index is -0.840. The van der Waals surface area contributed by atoms with E-state index in [-0.39, 0.29) is 30.9 Å². The van der Waals surface area contributed by atoms with Crippen molar-refractivity contribution in [2.24, 2.45) is 0 Å². The average molecular weight is 354 g/mol. The molecule has 21 heavy (non-hydrogen) atoms. The van der Waals surface area contributed by atoms with Crippen LogP contribution in [0.3, 0.4) is 0 Å². The van der Waals surface area contributed by atoms with Crippen molar-refractivity contribution < 1.29 is 9.90 Å². The van der Waals surface area contributed by atoms with Crippen molar-refractivity contribution in [3.8, 4) is 0 Å². The van der Waals surface area contributed by atoms with Gasteiger partial charge in [0.2, 0.25) is 5.91 Å². The van der Waals surface area contributed by atoms with Crippen molar-refractivity contribution in [3.05, 3.63) is 33.8 Å². The monoisotopic (exact) mass is 352 g/mol. The molecule has 1 aromatic rings. The first kappa shape index (κ1) is 18.5. The Morgan fingerprint density at radius 1 is 1.43 bits per heavy atom. The van der Waals surface area contributed by atoms with Gasteiger partial charge in [0.1, 0.15) is 0 Å². The van der Waals surface area contributed by atoms with Crippen LogP contribution in [0.5, 0.6) is 0 Å². The Balaban J connectivity index is 0.00000220. The Morgan fingerprint density at radius 3 is 2.81 bits per heavy atom. The lowest BCUT2D eigenvalue weighted by molar-refractivity contribution is -0.124. The van der Waals surface area contributed by atoms with Crippen LogP contribution in [-0.4, -0.2) is 30.1 Å². The third-order valence-corrected chi connectivity index (χ3v) is 3.98. The van der Waals surface area contributed by atoms with Crippen LogP contribution >= 0.6 is 35.6 Å². The van der Waals surface area contributed by atoms with E-state index in [1.54, 1.807) is 18.2 Å². The first-order chi connectivity index (χ1) is 9.58. The number of carbonyl (C=O) groups excluding carboxylic acids is 1. The van der Waals surface area contributed by atoms with Gasteiger partial charge in [0, 0.05) is 22.2 Å². The third-order valence-electron chi connectivity index (χ3n) is 3.42. The fourth-order valence-electron chi connectivity index (χ4n) is 2.28. The van der Waals surface area contributed by atoms with Crippen LogP contribution in [0.15, 0.2) is 18.2 Å². The quantitative estimate of drug-likeness (QED) is 0.780. The third kappa shape index (κ3) is 5.31. The SMILES string of the molecule is Cl.O=C(NCC(O)c1ccc(Cl)cc1Cl)C1CCCCN1. The largest absolute Gasteiger partial charge is 0.387 e. The van der Waals surface area contributed by atoms with E-state index in [1.165, 1.54) is 0 Å². The number of amides is 1. The van der Waals surface area contributed by atoms with Crippen LogP contribution in [0.25, 0.3) is 0 Å². The molecule has 1 fully saturated rings. The van der Waals surface area contributed by atoms with E-state index in [0.717, 1.165) is 25.8 Å². The molecular formula is C14H19Cl3N2O2. The zero-order chi connectivity index (χ0) is 14.5. The highest BCUT2D eigenvalue weighted by atomic mass is 35.5. The Labute approximate surface area is 140 Å². The van der Waals surface area contributed by atoms with E-state index in [1.807, 2.05) is 0 Å². The smallest absolute Gasteiger partial charge is 0.237 e. The van der Waals surface area contributed by atoms with Gasteiger partial charge in [-0.3, -0.25) is 4.79 Å². The maximum Gasteiger partial charge on any atom is 0.237 e. The van der Waals surface area contributed by atoms with Gasteiger partial charge < -0.3 is 15.7 Å². The maximum atomic E-state index is 11.9. The number of rotatable bonds is 4. The van der Waals surface area contributed by atoms with E-state index >= 15 is 0 Å². The summed E-state index contributed by atoms with van der Waals surface area (Å²) in [7, 11) is 0. The molecule has 2 unspecified atom stereocenters. The summed E-state index contributed by atoms with van der Waals surface area (Å²) in [6.45, 7) is 1.00. The lowest BCUT2D eigenvalue weighted by Gasteiger charge is -2.23. The van der Waals surface area contributed by atoms with Gasteiger partial charge in [-0.05, 0) is 31.5 Å². The molecule has 3 N–H and O–H groups in total. The average Bonchev–Trinajstić information content (AvgIpc) is 2.45. The first-order valence-corrected chi connectivity index (χ1v) is 7.47. The number of aliphatic hydroxyl groups excluding tert-OH is 1. The Kier molecular flexibility index (Phi) is 7.77. The first-order valence-electron chi connectivity index (χ1n) is 6.72. The number of nitrogens with one attached hydrogen (secondary N) is 2. The zero-order valence-corrected chi connectivity index (χ0v) is 13.8. The molecule has 2 atom stereocenters. The van der Waals surface area contributed by atoms with Gasteiger partial charge in [-0.1, -0.05) is 35.7 Å². The van der Waals surface area contributed by atoms with Gasteiger partial charge in [0.05, 0.1) is 12.1 Å². The molecule has 0 aliphatic carbocycles. The lowest BCUT2D eigenvalue weighted by atomic mass is 10.0. The van der Waals surface area contributed by atoms with Gasteiger partial charge >= 0.3 is 0 Å². The van der Waals surface area contributed by atoms with E-state index in [2.05, 4.69) is 10.6 Å². The molecule has 0 spiro atoms. The predicted molar refractivity (Wildman–Crippen MR) is 87.3 cm³/mol. The van der Waals surface area contributed by atoms with Crippen molar-refractivity contribution in [1.29, 1.82) is 0 Å². The summed E-state index contributed by atoms with van der Waals surface area (Å²) in [5, 5.41) is 16.9. The summed E-state index contributed by atoms with van der Waals surface area (Å²) in [5.74, 6) is -0.0752. The molecule has 0 radical (unpaired) electrons. The van der Waals surface area contributed by atoms with Gasteiger partial charge in [0.15, 0.2) is 0 Å². The Bertz CT molecular complexity index is 479. The maximum absolute atomic E-state index is 11.9. The number of aliphatic hydroxyl groups is 1. The van der Waals surface area contributed by atoms with Crippen LogP contribution in [0.2, 0.25) is 10.0 Å². The second-order valence-corrected chi connectivity index (χ2v) is 5.77. The number of carbonyl (C=O) groups is 1. The number of halogens is 3. The summed E-state index contributed by atoms with van der Waals surface area (Å²) in [5.41, 5.74) is 0.563. The molecule has 0 saturated carbocycles. The zero-order valence-electron chi connectivity index (χ0n) is 11.4. The molecule has 0 bridgehead atoms. The van der Waals surface area contributed by atoms with Gasteiger partial charge in [-0.25, -0.2) is 0 Å². The van der Waals surface area contributed by atoms with Crippen molar-refractivity contribution in [1.82, 2.24) is 10.6 Å². The second-order valence-electron chi connectivity index (χ2n) is 4.93. The molecule has 4 nitrogen and oxygen atoms in total. The summed E-state index contributed by atoms with van der Waals surface area (Å²) in [4.78, 5) is 11.9. The number of hydrogen-bond acceptors (Lipinski definition) is 3. The van der Waals surface area contributed by atoms with Crippen LogP contribution in [0, 0.1) is 0 Å². The standard InChI is InChI=1S/C14H18Cl2N2O2.ClH/c15-9-4-5-10(11(16)7-9)13(19)8-18-14(20)12-3-1-2-6-17-12;/h4-5,7,12-13,17,19H,1-3,6,8H2,(H,18,20);1H. The van der Waals surface area contributed by atoms with Crippen LogP contribution in [0.1, 0.15) is 30.9 Å². The van der Waals surface area contributed by atoms with Crippen molar-refractivity contribution in [2.45, 2.75) is 31.4 Å². The molecule has 0 aromatic heterocycles. The number of piperidine rings is 1. The minimum Gasteiger partial charge on any atom is -0.387 e. The fourth-order valence-corrected chi connectivity index (χ4v) is 2.81. The van der Waals surface area contributed by atoms with Crippen molar-refractivity contribution in [2.75, 3.05) is 13.1 Å². The van der Waals surface area contributed by atoms with Crippen molar-refractivity contribution in [3.63, 3.8) is 0 Å². The molecule has 2 rings (SSSR count). The van der Waals surface area contributed by atoms with Gasteiger partial charge in [-0.15, -0.1) is 12.4 Å². The predicted octanol–water partition coefficient (Wildman–Crippen LogP) is 2.71. The van der Waals surface area contributed by atoms with Gasteiger partial charge in [-0.2, -0.15) is 0 Å².